The number of carbonyl (C=O) groups excluding carboxylic acids is 1. The first-order valence-corrected chi connectivity index (χ1v) is 5.99. The molecule has 0 aliphatic carbocycles. The molecule has 0 heterocycles. The Hall–Kier alpha value is -0.990. The molecule has 9 heteroatoms. The second kappa shape index (κ2) is 8.33. The molecule has 0 aliphatic rings. The van der Waals surface area contributed by atoms with Crippen molar-refractivity contribution in [3.05, 3.63) is 0 Å². The fourth-order valence-corrected chi connectivity index (χ4v) is 1.36. The molecule has 0 saturated carbocycles. The van der Waals surface area contributed by atoms with Gasteiger partial charge in [-0.25, -0.2) is 0 Å². The predicted octanol–water partition coefficient (Wildman–Crippen LogP) is 3.62. The maximum atomic E-state index is 12.1. The average molecular weight is 310 g/mol. The van der Waals surface area contributed by atoms with Crippen LogP contribution in [0.2, 0.25) is 0 Å². The molecule has 0 aromatic heterocycles. The molecule has 0 unspecified atom stereocenters. The van der Waals surface area contributed by atoms with E-state index in [1.54, 1.807) is 6.92 Å². The number of rotatable bonds is 8. The number of alkyl halides is 6. The lowest BCUT2D eigenvalue weighted by molar-refractivity contribution is -0.321. The summed E-state index contributed by atoms with van der Waals surface area (Å²) in [6.07, 6.45) is -14.0. The van der Waals surface area contributed by atoms with Crippen LogP contribution in [0.5, 0.6) is 0 Å². The van der Waals surface area contributed by atoms with E-state index in [1.807, 2.05) is 0 Å². The van der Waals surface area contributed by atoms with Gasteiger partial charge in [0.2, 0.25) is 6.10 Å². The molecule has 0 atom stereocenters. The molecule has 3 nitrogen and oxygen atoms in total. The molecule has 20 heavy (non-hydrogen) atoms. The minimum Gasteiger partial charge on any atom is -0.466 e. The van der Waals surface area contributed by atoms with Crippen molar-refractivity contribution >= 4 is 5.97 Å². The minimum atomic E-state index is -5.48. The normalized spacial score (nSPS) is 12.8. The molecular weight excluding hydrogens is 294 g/mol. The van der Waals surface area contributed by atoms with Crippen molar-refractivity contribution in [1.29, 1.82) is 0 Å². The number of carbonyl (C=O) groups is 1. The molecule has 120 valence electrons. The minimum absolute atomic E-state index is 0.00205. The van der Waals surface area contributed by atoms with Crippen LogP contribution in [0.4, 0.5) is 26.3 Å². The first kappa shape index (κ1) is 19.0. The fraction of sp³-hybridized carbons (Fsp3) is 0.909. The highest BCUT2D eigenvalue weighted by atomic mass is 19.4. The van der Waals surface area contributed by atoms with Gasteiger partial charge >= 0.3 is 18.3 Å². The molecule has 0 spiro atoms. The second-order valence-corrected chi connectivity index (χ2v) is 3.95. The van der Waals surface area contributed by atoms with Gasteiger partial charge in [0, 0.05) is 13.0 Å². The van der Waals surface area contributed by atoms with Crippen LogP contribution in [0.15, 0.2) is 0 Å². The van der Waals surface area contributed by atoms with Crippen LogP contribution >= 0.6 is 0 Å². The van der Waals surface area contributed by atoms with Gasteiger partial charge in [-0.2, -0.15) is 26.3 Å². The molecule has 0 aliphatic heterocycles. The van der Waals surface area contributed by atoms with Crippen LogP contribution in [0.25, 0.3) is 0 Å². The molecule has 0 aromatic carbocycles. The lowest BCUT2D eigenvalue weighted by Crippen LogP contribution is -2.44. The number of ether oxygens (including phenoxy) is 2. The van der Waals surface area contributed by atoms with E-state index >= 15 is 0 Å². The number of unbranched alkanes of at least 4 members (excludes halogenated alkanes) is 2. The fourth-order valence-electron chi connectivity index (χ4n) is 1.36. The molecule has 0 radical (unpaired) electrons. The Morgan fingerprint density at radius 3 is 2.00 bits per heavy atom. The van der Waals surface area contributed by atoms with Gasteiger partial charge in [-0.3, -0.25) is 4.79 Å². The molecule has 0 bridgehead atoms. The molecule has 0 aromatic rings. The largest absolute Gasteiger partial charge is 0.466 e. The van der Waals surface area contributed by atoms with E-state index in [4.69, 9.17) is 0 Å². The monoisotopic (exact) mass is 310 g/mol. The topological polar surface area (TPSA) is 35.5 Å². The van der Waals surface area contributed by atoms with Gasteiger partial charge in [0.25, 0.3) is 0 Å². The molecule has 0 saturated heterocycles. The first-order chi connectivity index (χ1) is 9.09. The van der Waals surface area contributed by atoms with E-state index in [2.05, 4.69) is 9.47 Å². The van der Waals surface area contributed by atoms with Crippen molar-refractivity contribution in [2.75, 3.05) is 13.2 Å². The van der Waals surface area contributed by atoms with Crippen LogP contribution in [0.3, 0.4) is 0 Å². The van der Waals surface area contributed by atoms with E-state index in [0.29, 0.717) is 6.42 Å². The summed E-state index contributed by atoms with van der Waals surface area (Å²) in [4.78, 5) is 10.9. The van der Waals surface area contributed by atoms with Crippen molar-refractivity contribution < 1.29 is 40.6 Å². The summed E-state index contributed by atoms with van der Waals surface area (Å²) < 4.78 is 80.9. The lowest BCUT2D eigenvalue weighted by atomic mass is 10.2. The third-order valence-electron chi connectivity index (χ3n) is 2.21. The summed E-state index contributed by atoms with van der Waals surface area (Å²) in [5, 5.41) is 0. The van der Waals surface area contributed by atoms with Gasteiger partial charge in [0.05, 0.1) is 6.61 Å². The number of esters is 1. The quantitative estimate of drug-likeness (QED) is 0.390. The zero-order valence-electron chi connectivity index (χ0n) is 10.8. The SMILES string of the molecule is CCOC(=O)CCCCCOC(C(F)(F)F)C(F)(F)F. The highest BCUT2D eigenvalue weighted by molar-refractivity contribution is 5.69. The summed E-state index contributed by atoms with van der Waals surface area (Å²) in [6, 6.07) is 0. The van der Waals surface area contributed by atoms with Crippen LogP contribution in [0.1, 0.15) is 32.6 Å². The number of hydrogen-bond acceptors (Lipinski definition) is 3. The third-order valence-corrected chi connectivity index (χ3v) is 2.21. The Bertz CT molecular complexity index is 273. The van der Waals surface area contributed by atoms with Crippen molar-refractivity contribution in [1.82, 2.24) is 0 Å². The standard InChI is InChI=1S/C11H16F6O3/c1-2-19-8(18)6-4-3-5-7-20-9(10(12,13)14)11(15,16)17/h9H,2-7H2,1H3. The number of hydrogen-bond donors (Lipinski definition) is 0. The van der Waals surface area contributed by atoms with E-state index in [9.17, 15) is 31.1 Å². The maximum Gasteiger partial charge on any atom is 0.423 e. The summed E-state index contributed by atoms with van der Waals surface area (Å²) in [6.45, 7) is 1.17. The Labute approximate surface area is 112 Å². The zero-order chi connectivity index (χ0) is 15.8. The lowest BCUT2D eigenvalue weighted by Gasteiger charge is -2.23. The Kier molecular flexibility index (Phi) is 7.92. The van der Waals surface area contributed by atoms with Gasteiger partial charge in [0.1, 0.15) is 0 Å². The maximum absolute atomic E-state index is 12.1. The second-order valence-electron chi connectivity index (χ2n) is 3.95. The van der Waals surface area contributed by atoms with Crippen LogP contribution < -0.4 is 0 Å². The van der Waals surface area contributed by atoms with Gasteiger partial charge in [-0.15, -0.1) is 0 Å². The molecule has 0 fully saturated rings. The van der Waals surface area contributed by atoms with E-state index in [1.165, 1.54) is 0 Å². The van der Waals surface area contributed by atoms with Crippen molar-refractivity contribution in [3.63, 3.8) is 0 Å². The Balaban J connectivity index is 3.89. The van der Waals surface area contributed by atoms with Crippen molar-refractivity contribution in [3.8, 4) is 0 Å². The van der Waals surface area contributed by atoms with Crippen molar-refractivity contribution in [2.45, 2.75) is 51.1 Å². The Morgan fingerprint density at radius 2 is 1.55 bits per heavy atom. The van der Waals surface area contributed by atoms with Crippen LogP contribution in [-0.4, -0.2) is 37.6 Å². The first-order valence-electron chi connectivity index (χ1n) is 5.99. The summed E-state index contributed by atoms with van der Waals surface area (Å²) >= 11 is 0. The molecular formula is C11H16F6O3. The van der Waals surface area contributed by atoms with Gasteiger partial charge < -0.3 is 9.47 Å². The summed E-state index contributed by atoms with van der Waals surface area (Å²) in [7, 11) is 0. The average Bonchev–Trinajstić information content (AvgIpc) is 2.24. The van der Waals surface area contributed by atoms with Gasteiger partial charge in [0.15, 0.2) is 0 Å². The van der Waals surface area contributed by atoms with Crippen molar-refractivity contribution in [2.24, 2.45) is 0 Å². The summed E-state index contributed by atoms with van der Waals surface area (Å²) in [5.74, 6) is -0.447. The van der Waals surface area contributed by atoms with Crippen LogP contribution in [-0.2, 0) is 14.3 Å². The predicted molar refractivity (Wildman–Crippen MR) is 57.0 cm³/mol. The molecule has 0 N–H and O–H groups in total. The van der Waals surface area contributed by atoms with E-state index in [0.717, 1.165) is 0 Å². The van der Waals surface area contributed by atoms with E-state index in [-0.39, 0.29) is 25.9 Å². The van der Waals surface area contributed by atoms with Gasteiger partial charge in [-0.1, -0.05) is 6.42 Å². The zero-order valence-corrected chi connectivity index (χ0v) is 10.8. The van der Waals surface area contributed by atoms with Gasteiger partial charge in [-0.05, 0) is 19.8 Å². The highest BCUT2D eigenvalue weighted by Gasteiger charge is 2.57. The highest BCUT2D eigenvalue weighted by Crippen LogP contribution is 2.35. The molecule has 0 rings (SSSR count). The molecule has 0 amide bonds. The van der Waals surface area contributed by atoms with Crippen LogP contribution in [0, 0.1) is 0 Å². The smallest absolute Gasteiger partial charge is 0.423 e. The van der Waals surface area contributed by atoms with E-state index < -0.39 is 31.0 Å². The summed E-state index contributed by atoms with van der Waals surface area (Å²) in [5.41, 5.74) is 0. The third kappa shape index (κ3) is 8.23. The number of halogens is 6. The Morgan fingerprint density at radius 1 is 1.00 bits per heavy atom.